The molecule has 446 valence electrons. The molecule has 0 aliphatic heterocycles. The monoisotopic (exact) mass is 1240 g/mol. The average molecular weight is 1250 g/mol. The molecule has 0 N–H and O–H groups in total. The van der Waals surface area contributed by atoms with Crippen molar-refractivity contribution in [1.82, 2.24) is 24.1 Å². The maximum atomic E-state index is 10.1. The Hall–Kier alpha value is -15.3. The van der Waals surface area contributed by atoms with Gasteiger partial charge in [0.15, 0.2) is 40.2 Å². The van der Waals surface area contributed by atoms with Gasteiger partial charge in [-0.25, -0.2) is 34.3 Å². The first kappa shape index (κ1) is 59.0. The van der Waals surface area contributed by atoms with Crippen molar-refractivity contribution in [2.75, 3.05) is 0 Å². The molecule has 0 atom stereocenters. The normalized spacial score (nSPS) is 10.8. The molecule has 0 aliphatic rings. The summed E-state index contributed by atoms with van der Waals surface area (Å²) < 4.78 is 4.32. The molecule has 15 aromatic rings. The van der Waals surface area contributed by atoms with Crippen LogP contribution in [0.25, 0.3) is 164 Å². The number of benzene rings is 12. The third-order valence-electron chi connectivity index (χ3n) is 17.4. The Morgan fingerprint density at radius 3 is 1.02 bits per heavy atom. The Kier molecular flexibility index (Phi) is 14.7. The van der Waals surface area contributed by atoms with E-state index in [9.17, 15) is 26.3 Å². The number of rotatable bonds is 10. The quantitative estimate of drug-likeness (QED) is 0.121. The molecule has 0 saturated heterocycles. The second kappa shape index (κ2) is 24.4. The van der Waals surface area contributed by atoms with Crippen molar-refractivity contribution in [3.8, 4) is 132 Å². The second-order valence-corrected chi connectivity index (χ2v) is 23.2. The van der Waals surface area contributed by atoms with Gasteiger partial charge in [-0.3, -0.25) is 0 Å². The van der Waals surface area contributed by atoms with E-state index in [1.165, 1.54) is 0 Å². The highest BCUT2D eigenvalue weighted by atomic mass is 15.0. The highest BCUT2D eigenvalue weighted by Crippen LogP contribution is 2.46. The van der Waals surface area contributed by atoms with Crippen LogP contribution in [0.3, 0.4) is 0 Å². The Bertz CT molecular complexity index is 5920. The molecule has 0 radical (unpaired) electrons. The van der Waals surface area contributed by atoms with Crippen LogP contribution in [0.5, 0.6) is 0 Å². The van der Waals surface area contributed by atoms with E-state index in [-0.39, 0.29) is 0 Å². The lowest BCUT2D eigenvalue weighted by Crippen LogP contribution is -2.03. The number of hydrogen-bond donors (Lipinski definition) is 0. The highest BCUT2D eigenvalue weighted by molar-refractivity contribution is 6.14. The molecule has 98 heavy (non-hydrogen) atoms. The summed E-state index contributed by atoms with van der Waals surface area (Å²) in [7, 11) is 0. The van der Waals surface area contributed by atoms with Crippen molar-refractivity contribution >= 4 is 66.4 Å². The molecule has 0 unspecified atom stereocenters. The van der Waals surface area contributed by atoms with Gasteiger partial charge in [-0.1, -0.05) is 91.0 Å². The van der Waals surface area contributed by atoms with Gasteiger partial charge < -0.3 is 9.13 Å². The van der Waals surface area contributed by atoms with Gasteiger partial charge in [0, 0.05) is 60.6 Å². The molecule has 0 saturated carbocycles. The van der Waals surface area contributed by atoms with E-state index in [1.807, 2.05) is 152 Å². The molecule has 0 spiro atoms. The SMILES string of the molecule is [C-]#[N+]c1cc(C#N)cc(-c2ccc3c(c2)c2cc(-c4cc(C#N)cc(C#N)c4)ccc2n3-c2ccc(-c3nc(-c4ccccc4)nc(-c4ccccc4)n3)c(-c3cc([N+]#[C-])ccc3-n3c4ccc(-c5cc(C#N)cc([N+]#[C-])c5)cc4c4cc(-c5cc(C#N)cc([N+]#[C-])c5)ccc43)c2)c1. The molecule has 3 aromatic heterocycles. The van der Waals surface area contributed by atoms with Crippen LogP contribution in [0.15, 0.2) is 243 Å². The Labute approximate surface area is 561 Å². The zero-order chi connectivity index (χ0) is 67.1. The maximum absolute atomic E-state index is 10.1. The van der Waals surface area contributed by atoms with Crippen LogP contribution in [-0.2, 0) is 0 Å². The smallest absolute Gasteiger partial charge is 0.189 e. The van der Waals surface area contributed by atoms with Crippen molar-refractivity contribution < 1.29 is 0 Å². The summed E-state index contributed by atoms with van der Waals surface area (Å²) >= 11 is 0. The summed E-state index contributed by atoms with van der Waals surface area (Å²) in [6, 6.07) is 86.7. The fourth-order valence-electron chi connectivity index (χ4n) is 13.0. The molecule has 14 heteroatoms. The average Bonchev–Trinajstić information content (AvgIpc) is 1.55. The van der Waals surface area contributed by atoms with E-state index in [2.05, 4.69) is 71.0 Å². The minimum atomic E-state index is 0.315. The van der Waals surface area contributed by atoms with Crippen LogP contribution >= 0.6 is 0 Å². The fourth-order valence-corrected chi connectivity index (χ4v) is 13.0. The predicted molar refractivity (Wildman–Crippen MR) is 381 cm³/mol. The molecule has 0 aliphatic carbocycles. The molecule has 14 nitrogen and oxygen atoms in total. The maximum Gasteiger partial charge on any atom is 0.189 e. The largest absolute Gasteiger partial charge is 0.309 e. The van der Waals surface area contributed by atoms with E-state index < -0.39 is 0 Å². The summed E-state index contributed by atoms with van der Waals surface area (Å²) in [6.45, 7) is 32.4. The van der Waals surface area contributed by atoms with Crippen LogP contribution in [0.1, 0.15) is 27.8 Å². The molecular formula is C84H40N14. The Morgan fingerprint density at radius 2 is 0.633 bits per heavy atom. The van der Waals surface area contributed by atoms with Crippen LogP contribution < -0.4 is 0 Å². The van der Waals surface area contributed by atoms with Crippen LogP contribution in [0.4, 0.5) is 22.7 Å². The summed E-state index contributed by atoms with van der Waals surface area (Å²) in [5.41, 5.74) is 16.6. The zero-order valence-electron chi connectivity index (χ0n) is 51.4. The van der Waals surface area contributed by atoms with Gasteiger partial charge in [0.2, 0.25) is 0 Å². The van der Waals surface area contributed by atoms with E-state index in [1.54, 1.807) is 78.9 Å². The van der Waals surface area contributed by atoms with Crippen LogP contribution in [-0.4, -0.2) is 24.1 Å². The number of aromatic nitrogens is 5. The lowest BCUT2D eigenvalue weighted by Gasteiger charge is -2.19. The Balaban J connectivity index is 1.04. The standard InChI is InChI=1S/C84H40N14/c1-90-65-19-26-81(98-79-24-17-59(63-31-53(48-88)34-67(37-63)92-3)41-74(79)75-42-60(18-25-80(75)98)64-32-54(49-89)35-68(38-64)93-4)76(43-65)71-44-69(20-21-70(71)84-95-82(55-11-7-5-8-12-55)94-83(96-84)56-13-9-6-10-14-56)97-77-22-15-57(61-28-50(45-85)27-51(29-61)46-86)39-72(77)73-40-58(16-23-78(73)97)62-30-52(47-87)33-66(36-62)91-2/h5-44H. The van der Waals surface area contributed by atoms with E-state index >= 15 is 0 Å². The van der Waals surface area contributed by atoms with Crippen molar-refractivity contribution in [2.45, 2.75) is 0 Å². The van der Waals surface area contributed by atoms with E-state index in [4.69, 9.17) is 41.2 Å². The first-order valence-corrected chi connectivity index (χ1v) is 30.5. The minimum absolute atomic E-state index is 0.315. The van der Waals surface area contributed by atoms with Gasteiger partial charge in [0.1, 0.15) is 0 Å². The van der Waals surface area contributed by atoms with Crippen molar-refractivity contribution in [1.29, 1.82) is 26.3 Å². The van der Waals surface area contributed by atoms with Gasteiger partial charge in [-0.2, -0.15) is 26.3 Å². The third kappa shape index (κ3) is 10.5. The molecule has 15 rings (SSSR count). The highest BCUT2D eigenvalue weighted by Gasteiger charge is 2.25. The third-order valence-corrected chi connectivity index (χ3v) is 17.4. The van der Waals surface area contributed by atoms with E-state index in [0.29, 0.717) is 118 Å². The minimum Gasteiger partial charge on any atom is -0.309 e. The lowest BCUT2D eigenvalue weighted by atomic mass is 9.95. The molecular weight excluding hydrogens is 1210 g/mol. The predicted octanol–water partition coefficient (Wildman–Crippen LogP) is 21.0. The first-order chi connectivity index (χ1) is 48.0. The Morgan fingerprint density at radius 1 is 0.265 bits per heavy atom. The van der Waals surface area contributed by atoms with Crippen molar-refractivity contribution in [3.63, 3.8) is 0 Å². The summed E-state index contributed by atoms with van der Waals surface area (Å²) in [4.78, 5) is 30.9. The number of hydrogen-bond acceptors (Lipinski definition) is 8. The van der Waals surface area contributed by atoms with Gasteiger partial charge in [0.05, 0.1) is 95.5 Å². The summed E-state index contributed by atoms with van der Waals surface area (Å²) in [5, 5.41) is 53.8. The van der Waals surface area contributed by atoms with Gasteiger partial charge in [-0.05, 0) is 207 Å². The molecule has 0 bridgehead atoms. The fraction of sp³-hybridized carbons (Fsp3) is 0. The van der Waals surface area contributed by atoms with Crippen LogP contribution in [0, 0.1) is 82.9 Å². The second-order valence-electron chi connectivity index (χ2n) is 23.2. The summed E-state index contributed by atoms with van der Waals surface area (Å²) in [5.74, 6) is 1.21. The van der Waals surface area contributed by atoms with E-state index in [0.717, 1.165) is 77.0 Å². The molecule has 0 fully saturated rings. The molecule has 0 amide bonds. The first-order valence-electron chi connectivity index (χ1n) is 30.5. The topological polar surface area (TPSA) is 185 Å². The van der Waals surface area contributed by atoms with Crippen molar-refractivity contribution in [2.24, 2.45) is 0 Å². The molecule has 3 heterocycles. The number of fused-ring (bicyclic) bond motifs is 6. The van der Waals surface area contributed by atoms with Crippen LogP contribution in [0.2, 0.25) is 0 Å². The van der Waals surface area contributed by atoms with Gasteiger partial charge in [0.25, 0.3) is 0 Å². The number of nitrogens with zero attached hydrogens (tertiary/aromatic N) is 14. The number of nitriles is 5. The summed E-state index contributed by atoms with van der Waals surface area (Å²) in [6.07, 6.45) is 0. The zero-order valence-corrected chi connectivity index (χ0v) is 51.4. The van der Waals surface area contributed by atoms with Crippen molar-refractivity contribution in [3.05, 3.63) is 316 Å². The molecule has 12 aromatic carbocycles. The van der Waals surface area contributed by atoms with Gasteiger partial charge >= 0.3 is 0 Å². The van der Waals surface area contributed by atoms with Gasteiger partial charge in [-0.15, -0.1) is 0 Å². The lowest BCUT2D eigenvalue weighted by molar-refractivity contribution is 1.07.